The topological polar surface area (TPSA) is 75.3 Å². The smallest absolute Gasteiger partial charge is 0.261 e. The molecule has 7 heteroatoms. The number of anilines is 2. The van der Waals surface area contributed by atoms with Gasteiger partial charge in [-0.05, 0) is 67.1 Å². The SMILES string of the molecule is Cc1cccc(NS(=O)(=O)c2cccc(C(=O)Nc3ccc(Cl)cc3)c2)c1. The van der Waals surface area contributed by atoms with Gasteiger partial charge in [0.25, 0.3) is 15.9 Å². The van der Waals surface area contributed by atoms with E-state index < -0.39 is 15.9 Å². The van der Waals surface area contributed by atoms with Crippen molar-refractivity contribution in [1.82, 2.24) is 0 Å². The van der Waals surface area contributed by atoms with Gasteiger partial charge in [0.1, 0.15) is 0 Å². The molecule has 0 heterocycles. The number of halogens is 1. The maximum Gasteiger partial charge on any atom is 0.261 e. The number of nitrogens with one attached hydrogen (secondary N) is 2. The molecule has 1 amide bonds. The number of aryl methyl sites for hydroxylation is 1. The van der Waals surface area contributed by atoms with Crippen molar-refractivity contribution in [1.29, 1.82) is 0 Å². The highest BCUT2D eigenvalue weighted by atomic mass is 35.5. The van der Waals surface area contributed by atoms with Crippen LogP contribution in [0.4, 0.5) is 11.4 Å². The molecule has 3 aromatic carbocycles. The number of carbonyl (C=O) groups is 1. The lowest BCUT2D eigenvalue weighted by Crippen LogP contribution is -2.16. The largest absolute Gasteiger partial charge is 0.322 e. The Hall–Kier alpha value is -2.83. The fraction of sp³-hybridized carbons (Fsp3) is 0.0500. The Morgan fingerprint density at radius 3 is 2.30 bits per heavy atom. The maximum atomic E-state index is 12.6. The first-order chi connectivity index (χ1) is 12.8. The fourth-order valence-electron chi connectivity index (χ4n) is 2.46. The van der Waals surface area contributed by atoms with Crippen LogP contribution >= 0.6 is 11.6 Å². The Morgan fingerprint density at radius 2 is 1.59 bits per heavy atom. The zero-order valence-electron chi connectivity index (χ0n) is 14.4. The minimum absolute atomic E-state index is 0.00719. The van der Waals surface area contributed by atoms with E-state index in [1.165, 1.54) is 18.2 Å². The summed E-state index contributed by atoms with van der Waals surface area (Å²) in [5.74, 6) is -0.412. The molecule has 3 aromatic rings. The Kier molecular flexibility index (Phi) is 5.48. The van der Waals surface area contributed by atoms with Gasteiger partial charge in [0, 0.05) is 22.0 Å². The summed E-state index contributed by atoms with van der Waals surface area (Å²) < 4.78 is 27.8. The van der Waals surface area contributed by atoms with Crippen molar-refractivity contribution in [2.75, 3.05) is 10.0 Å². The molecule has 0 saturated carbocycles. The Morgan fingerprint density at radius 1 is 0.889 bits per heavy atom. The van der Waals surface area contributed by atoms with Crippen LogP contribution in [0.2, 0.25) is 5.02 Å². The zero-order valence-corrected chi connectivity index (χ0v) is 16.0. The van der Waals surface area contributed by atoms with Crippen molar-refractivity contribution >= 4 is 38.9 Å². The van der Waals surface area contributed by atoms with Gasteiger partial charge in [0.15, 0.2) is 0 Å². The molecule has 0 aromatic heterocycles. The van der Waals surface area contributed by atoms with Gasteiger partial charge in [0.05, 0.1) is 4.90 Å². The van der Waals surface area contributed by atoms with Gasteiger partial charge in [-0.25, -0.2) is 8.42 Å². The van der Waals surface area contributed by atoms with E-state index in [1.54, 1.807) is 48.5 Å². The number of hydrogen-bond donors (Lipinski definition) is 2. The molecule has 0 aliphatic heterocycles. The first kappa shape index (κ1) is 18.9. The number of hydrogen-bond acceptors (Lipinski definition) is 3. The molecule has 0 spiro atoms. The number of carbonyl (C=O) groups excluding carboxylic acids is 1. The van der Waals surface area contributed by atoms with Gasteiger partial charge in [-0.1, -0.05) is 29.8 Å². The van der Waals surface area contributed by atoms with Gasteiger partial charge in [-0.2, -0.15) is 0 Å². The number of amides is 1. The Labute approximate surface area is 163 Å². The molecular weight excluding hydrogens is 384 g/mol. The summed E-state index contributed by atoms with van der Waals surface area (Å²) >= 11 is 5.83. The van der Waals surface area contributed by atoms with E-state index in [9.17, 15) is 13.2 Å². The lowest BCUT2D eigenvalue weighted by molar-refractivity contribution is 0.102. The molecule has 0 atom stereocenters. The maximum absolute atomic E-state index is 12.6. The third kappa shape index (κ3) is 4.87. The average Bonchev–Trinajstić information content (AvgIpc) is 2.63. The van der Waals surface area contributed by atoms with Crippen molar-refractivity contribution in [3.8, 4) is 0 Å². The van der Waals surface area contributed by atoms with Crippen molar-refractivity contribution < 1.29 is 13.2 Å². The van der Waals surface area contributed by atoms with Crippen LogP contribution in [0.25, 0.3) is 0 Å². The predicted octanol–water partition coefficient (Wildman–Crippen LogP) is 4.70. The van der Waals surface area contributed by atoms with E-state index in [4.69, 9.17) is 11.6 Å². The molecule has 0 saturated heterocycles. The number of sulfonamides is 1. The number of benzene rings is 3. The van der Waals surface area contributed by atoms with Crippen LogP contribution in [-0.4, -0.2) is 14.3 Å². The van der Waals surface area contributed by atoms with E-state index in [0.29, 0.717) is 16.4 Å². The van der Waals surface area contributed by atoms with Crippen LogP contribution in [0, 0.1) is 6.92 Å². The van der Waals surface area contributed by atoms with Crippen molar-refractivity contribution in [2.45, 2.75) is 11.8 Å². The van der Waals surface area contributed by atoms with Gasteiger partial charge in [0.2, 0.25) is 0 Å². The predicted molar refractivity (Wildman–Crippen MR) is 108 cm³/mol. The van der Waals surface area contributed by atoms with Crippen LogP contribution in [0.1, 0.15) is 15.9 Å². The van der Waals surface area contributed by atoms with Crippen LogP contribution < -0.4 is 10.0 Å². The molecule has 0 fully saturated rings. The zero-order chi connectivity index (χ0) is 19.4. The second-order valence-electron chi connectivity index (χ2n) is 5.96. The first-order valence-corrected chi connectivity index (χ1v) is 9.96. The van der Waals surface area contributed by atoms with Crippen molar-refractivity contribution in [3.05, 3.63) is 88.9 Å². The second-order valence-corrected chi connectivity index (χ2v) is 8.08. The Bertz CT molecular complexity index is 1080. The molecule has 0 aliphatic carbocycles. The first-order valence-electron chi connectivity index (χ1n) is 8.10. The summed E-state index contributed by atoms with van der Waals surface area (Å²) in [7, 11) is -3.81. The fourth-order valence-corrected chi connectivity index (χ4v) is 3.68. The van der Waals surface area contributed by atoms with Gasteiger partial charge in [-0.15, -0.1) is 0 Å². The van der Waals surface area contributed by atoms with Gasteiger partial charge >= 0.3 is 0 Å². The lowest BCUT2D eigenvalue weighted by Gasteiger charge is -2.10. The molecule has 5 nitrogen and oxygen atoms in total. The minimum atomic E-state index is -3.81. The van der Waals surface area contributed by atoms with Gasteiger partial charge in [-0.3, -0.25) is 9.52 Å². The van der Waals surface area contributed by atoms with Crippen molar-refractivity contribution in [2.24, 2.45) is 0 Å². The molecule has 0 bridgehead atoms. The third-order valence-electron chi connectivity index (χ3n) is 3.78. The molecule has 2 N–H and O–H groups in total. The normalized spacial score (nSPS) is 11.0. The summed E-state index contributed by atoms with van der Waals surface area (Å²) in [5.41, 5.74) is 2.20. The summed E-state index contributed by atoms with van der Waals surface area (Å²) in [6, 6.07) is 19.5. The average molecular weight is 401 g/mol. The highest BCUT2D eigenvalue weighted by Crippen LogP contribution is 2.19. The minimum Gasteiger partial charge on any atom is -0.322 e. The summed E-state index contributed by atoms with van der Waals surface area (Å²) in [6.45, 7) is 1.87. The van der Waals surface area contributed by atoms with E-state index >= 15 is 0 Å². The lowest BCUT2D eigenvalue weighted by atomic mass is 10.2. The number of rotatable bonds is 5. The molecule has 138 valence electrons. The van der Waals surface area contributed by atoms with E-state index in [-0.39, 0.29) is 10.5 Å². The molecule has 27 heavy (non-hydrogen) atoms. The standard InChI is InChI=1S/C20H17ClN2O3S/c1-14-4-2-6-18(12-14)23-27(25,26)19-7-3-5-15(13-19)20(24)22-17-10-8-16(21)9-11-17/h2-13,23H,1H3,(H,22,24). The van der Waals surface area contributed by atoms with Crippen molar-refractivity contribution in [3.63, 3.8) is 0 Å². The highest BCUT2D eigenvalue weighted by molar-refractivity contribution is 7.92. The molecule has 0 unspecified atom stereocenters. The van der Waals surface area contributed by atoms with E-state index in [2.05, 4.69) is 10.0 Å². The molecular formula is C20H17ClN2O3S. The monoisotopic (exact) mass is 400 g/mol. The molecule has 3 rings (SSSR count). The second kappa shape index (κ2) is 7.82. The van der Waals surface area contributed by atoms with Crippen LogP contribution in [0.15, 0.2) is 77.7 Å². The summed E-state index contributed by atoms with van der Waals surface area (Å²) in [6.07, 6.45) is 0. The van der Waals surface area contributed by atoms with E-state index in [1.807, 2.05) is 13.0 Å². The highest BCUT2D eigenvalue weighted by Gasteiger charge is 2.17. The van der Waals surface area contributed by atoms with Crippen LogP contribution in [0.5, 0.6) is 0 Å². The molecule has 0 radical (unpaired) electrons. The summed E-state index contributed by atoms with van der Waals surface area (Å²) in [4.78, 5) is 12.4. The quantitative estimate of drug-likeness (QED) is 0.651. The van der Waals surface area contributed by atoms with Crippen LogP contribution in [0.3, 0.4) is 0 Å². The molecule has 0 aliphatic rings. The van der Waals surface area contributed by atoms with Crippen LogP contribution in [-0.2, 0) is 10.0 Å². The van der Waals surface area contributed by atoms with E-state index in [0.717, 1.165) is 5.56 Å². The summed E-state index contributed by atoms with van der Waals surface area (Å²) in [5, 5.41) is 3.27. The van der Waals surface area contributed by atoms with Gasteiger partial charge < -0.3 is 5.32 Å². The Balaban J connectivity index is 1.81. The third-order valence-corrected chi connectivity index (χ3v) is 5.41.